The monoisotopic (exact) mass is 363 g/mol. The summed E-state index contributed by atoms with van der Waals surface area (Å²) in [6.45, 7) is 10.4. The van der Waals surface area contributed by atoms with Gasteiger partial charge in [-0.3, -0.25) is 4.79 Å². The Labute approximate surface area is 149 Å². The third-order valence-electron chi connectivity index (χ3n) is 3.93. The van der Waals surface area contributed by atoms with Gasteiger partial charge >= 0.3 is 5.97 Å². The van der Waals surface area contributed by atoms with Crippen molar-refractivity contribution in [3.63, 3.8) is 0 Å². The molecule has 0 radical (unpaired) electrons. The van der Waals surface area contributed by atoms with Crippen molar-refractivity contribution in [3.05, 3.63) is 0 Å². The molecule has 4 nitrogen and oxygen atoms in total. The fourth-order valence-corrected chi connectivity index (χ4v) is 4.16. The Balaban J connectivity index is 2.91. The van der Waals surface area contributed by atoms with Gasteiger partial charge in [-0.15, -0.1) is 23.4 Å². The highest BCUT2D eigenvalue weighted by Gasteiger charge is 2.46. The van der Waals surface area contributed by atoms with Gasteiger partial charge in [0.25, 0.3) is 0 Å². The van der Waals surface area contributed by atoms with Crippen LogP contribution in [0.1, 0.15) is 53.9 Å². The molecule has 0 bridgehead atoms. The summed E-state index contributed by atoms with van der Waals surface area (Å²) in [5.74, 6) is 0.958. The van der Waals surface area contributed by atoms with Gasteiger partial charge in [-0.25, -0.2) is 4.79 Å². The molecule has 1 aliphatic rings. The molecule has 2 unspecified atom stereocenters. The molecule has 1 saturated heterocycles. The summed E-state index contributed by atoms with van der Waals surface area (Å²) in [7, 11) is 0. The Morgan fingerprint density at radius 2 is 2.04 bits per heavy atom. The third kappa shape index (κ3) is 5.56. The van der Waals surface area contributed by atoms with Crippen molar-refractivity contribution < 1.29 is 14.3 Å². The summed E-state index contributed by atoms with van der Waals surface area (Å²) >= 11 is 7.65. The molecule has 0 aliphatic carbocycles. The molecule has 1 aliphatic heterocycles. The number of halogens is 1. The van der Waals surface area contributed by atoms with Crippen LogP contribution in [0, 0.1) is 11.3 Å². The minimum atomic E-state index is -0.677. The van der Waals surface area contributed by atoms with Crippen LogP contribution in [0.3, 0.4) is 0 Å². The largest absolute Gasteiger partial charge is 0.464 e. The first-order chi connectivity index (χ1) is 10.7. The van der Waals surface area contributed by atoms with Crippen LogP contribution in [-0.2, 0) is 14.3 Å². The summed E-state index contributed by atoms with van der Waals surface area (Å²) in [5.41, 5.74) is -0.677. The average molecular weight is 364 g/mol. The number of carbonyl (C=O) groups excluding carboxylic acids is 2. The van der Waals surface area contributed by atoms with E-state index in [1.165, 1.54) is 0 Å². The molecule has 6 heteroatoms. The van der Waals surface area contributed by atoms with E-state index in [0.29, 0.717) is 18.3 Å². The lowest BCUT2D eigenvalue weighted by atomic mass is 9.93. The van der Waals surface area contributed by atoms with E-state index in [1.807, 2.05) is 13.8 Å². The van der Waals surface area contributed by atoms with Crippen LogP contribution in [-0.4, -0.2) is 46.4 Å². The molecular formula is C17H30ClNO3S. The zero-order valence-corrected chi connectivity index (χ0v) is 16.5. The minimum Gasteiger partial charge on any atom is -0.464 e. The summed E-state index contributed by atoms with van der Waals surface area (Å²) < 4.78 is 5.37. The van der Waals surface area contributed by atoms with E-state index in [2.05, 4.69) is 20.8 Å². The average Bonchev–Trinajstić information content (AvgIpc) is 2.89. The second-order valence-electron chi connectivity index (χ2n) is 7.18. The molecule has 0 spiro atoms. The molecule has 0 aromatic heterocycles. The molecule has 0 aromatic rings. The first-order valence-electron chi connectivity index (χ1n) is 8.41. The van der Waals surface area contributed by atoms with Gasteiger partial charge in [-0.1, -0.05) is 27.2 Å². The smallest absolute Gasteiger partial charge is 0.329 e. The van der Waals surface area contributed by atoms with Crippen molar-refractivity contribution in [2.45, 2.75) is 65.3 Å². The van der Waals surface area contributed by atoms with Crippen molar-refractivity contribution in [1.29, 1.82) is 0 Å². The zero-order chi connectivity index (χ0) is 17.6. The second-order valence-corrected chi connectivity index (χ2v) is 8.66. The van der Waals surface area contributed by atoms with Crippen molar-refractivity contribution in [3.8, 4) is 0 Å². The van der Waals surface area contributed by atoms with Crippen LogP contribution in [0.5, 0.6) is 0 Å². The highest BCUT2D eigenvalue weighted by Crippen LogP contribution is 2.37. The Kier molecular flexibility index (Phi) is 8.22. The van der Waals surface area contributed by atoms with E-state index >= 15 is 0 Å². The number of amides is 1. The third-order valence-corrected chi connectivity index (χ3v) is 5.91. The Bertz CT molecular complexity index is 415. The van der Waals surface area contributed by atoms with Gasteiger partial charge < -0.3 is 9.64 Å². The lowest BCUT2D eigenvalue weighted by molar-refractivity contribution is -0.157. The van der Waals surface area contributed by atoms with Crippen molar-refractivity contribution in [2.75, 3.05) is 18.2 Å². The quantitative estimate of drug-likeness (QED) is 0.372. The second kappa shape index (κ2) is 9.16. The zero-order valence-electron chi connectivity index (χ0n) is 14.9. The number of alkyl halides is 1. The van der Waals surface area contributed by atoms with Crippen molar-refractivity contribution >= 4 is 35.2 Å². The van der Waals surface area contributed by atoms with Gasteiger partial charge in [-0.2, -0.15) is 0 Å². The number of ether oxygens (including phenoxy) is 1. The molecule has 134 valence electrons. The molecular weight excluding hydrogens is 334 g/mol. The molecule has 0 N–H and O–H groups in total. The number of thioether (sulfide) groups is 1. The maximum absolute atomic E-state index is 13.0. The maximum atomic E-state index is 13.0. The molecule has 1 heterocycles. The van der Waals surface area contributed by atoms with E-state index in [0.717, 1.165) is 19.3 Å². The Morgan fingerprint density at radius 1 is 1.39 bits per heavy atom. The number of esters is 1. The summed E-state index contributed by atoms with van der Waals surface area (Å²) in [4.78, 5) is 27.1. The van der Waals surface area contributed by atoms with E-state index < -0.39 is 11.5 Å². The fourth-order valence-electron chi connectivity index (χ4n) is 2.42. The first-order valence-corrected chi connectivity index (χ1v) is 9.99. The number of hydrogen-bond acceptors (Lipinski definition) is 4. The van der Waals surface area contributed by atoms with Crippen LogP contribution < -0.4 is 0 Å². The highest BCUT2D eigenvalue weighted by atomic mass is 35.5. The Hall–Kier alpha value is -0.420. The number of hydrogen-bond donors (Lipinski definition) is 0. The lowest BCUT2D eigenvalue weighted by Crippen LogP contribution is -2.51. The predicted octanol–water partition coefficient (Wildman–Crippen LogP) is 3.91. The van der Waals surface area contributed by atoms with Gasteiger partial charge in [0.05, 0.1) is 17.4 Å². The molecule has 0 saturated carbocycles. The minimum absolute atomic E-state index is 0.0220. The van der Waals surface area contributed by atoms with Gasteiger partial charge in [0.1, 0.15) is 6.04 Å². The van der Waals surface area contributed by atoms with Gasteiger partial charge in [0.15, 0.2) is 0 Å². The number of nitrogens with zero attached hydrogens (tertiary/aromatic N) is 1. The van der Waals surface area contributed by atoms with Crippen LogP contribution in [0.15, 0.2) is 0 Å². The van der Waals surface area contributed by atoms with Gasteiger partial charge in [0, 0.05) is 11.6 Å². The van der Waals surface area contributed by atoms with Crippen LogP contribution in [0.4, 0.5) is 0 Å². The predicted molar refractivity (Wildman–Crippen MR) is 96.7 cm³/mol. The van der Waals surface area contributed by atoms with Crippen molar-refractivity contribution in [1.82, 2.24) is 4.90 Å². The molecule has 23 heavy (non-hydrogen) atoms. The van der Waals surface area contributed by atoms with E-state index in [9.17, 15) is 9.59 Å². The number of unbranched alkanes of at least 4 members (excludes halogenated alkanes) is 1. The van der Waals surface area contributed by atoms with Crippen molar-refractivity contribution in [2.24, 2.45) is 11.3 Å². The van der Waals surface area contributed by atoms with E-state index in [-0.39, 0.29) is 23.1 Å². The molecule has 1 amide bonds. The Morgan fingerprint density at radius 3 is 2.57 bits per heavy atom. The molecule has 0 aromatic carbocycles. The molecule has 2 atom stereocenters. The van der Waals surface area contributed by atoms with E-state index in [4.69, 9.17) is 16.3 Å². The first kappa shape index (κ1) is 20.6. The van der Waals surface area contributed by atoms with Crippen LogP contribution in [0.2, 0.25) is 0 Å². The number of carbonyl (C=O) groups is 2. The van der Waals surface area contributed by atoms with E-state index in [1.54, 1.807) is 16.7 Å². The lowest BCUT2D eigenvalue weighted by Gasteiger charge is -2.35. The SMILES string of the molecule is CCCCOC(=O)C1CSC(CC(C)C)N1C(=O)C(C)(C)CCl. The normalized spacial score (nSPS) is 21.8. The maximum Gasteiger partial charge on any atom is 0.329 e. The molecule has 1 fully saturated rings. The van der Waals surface area contributed by atoms with Gasteiger partial charge in [-0.05, 0) is 32.6 Å². The fraction of sp³-hybridized carbons (Fsp3) is 0.882. The summed E-state index contributed by atoms with van der Waals surface area (Å²) in [6.07, 6.45) is 2.69. The van der Waals surface area contributed by atoms with Gasteiger partial charge in [0.2, 0.25) is 5.91 Å². The van der Waals surface area contributed by atoms with Crippen LogP contribution in [0.25, 0.3) is 0 Å². The number of rotatable bonds is 8. The highest BCUT2D eigenvalue weighted by molar-refractivity contribution is 8.00. The summed E-state index contributed by atoms with van der Waals surface area (Å²) in [6, 6.07) is -0.490. The molecule has 1 rings (SSSR count). The summed E-state index contributed by atoms with van der Waals surface area (Å²) in [5, 5.41) is 0.0220. The standard InChI is InChI=1S/C17H30ClNO3S/c1-6-7-8-22-15(20)13-10-23-14(9-12(2)3)19(13)16(21)17(4,5)11-18/h12-14H,6-11H2,1-5H3. The topological polar surface area (TPSA) is 46.6 Å². The van der Waals surface area contributed by atoms with Crippen LogP contribution >= 0.6 is 23.4 Å².